The number of nitrogens with zero attached hydrogens (tertiary/aromatic N) is 2. The summed E-state index contributed by atoms with van der Waals surface area (Å²) in [4.78, 5) is 37.7. The number of imide groups is 2. The van der Waals surface area contributed by atoms with Crippen LogP contribution >= 0.6 is 20.7 Å². The summed E-state index contributed by atoms with van der Waals surface area (Å²) in [7, 11) is 2.76. The van der Waals surface area contributed by atoms with Crippen molar-refractivity contribution in [2.45, 2.75) is 0 Å². The number of alkyl halides is 1. The number of rotatable bonds is 0. The number of carbonyl (C=O) groups is 3. The Kier molecular flexibility index (Phi) is 2.79. The van der Waals surface area contributed by atoms with E-state index in [4.69, 9.17) is 0 Å². The fourth-order valence-corrected chi connectivity index (χ4v) is 2.59. The largest absolute Gasteiger partial charge is 0.333 e. The molecule has 0 aliphatic carbocycles. The van der Waals surface area contributed by atoms with Crippen LogP contribution in [0, 0.1) is 0 Å². The smallest absolute Gasteiger partial charge is 0.268 e. The zero-order valence-electron chi connectivity index (χ0n) is 7.50. The lowest BCUT2D eigenvalue weighted by Crippen LogP contribution is -2.56. The molecule has 0 spiro atoms. The number of barbiturate groups is 1. The van der Waals surface area contributed by atoms with E-state index < -0.39 is 38.6 Å². The van der Waals surface area contributed by atoms with E-state index in [1.807, 2.05) is 4.93 Å². The van der Waals surface area contributed by atoms with E-state index in [2.05, 4.69) is 0 Å². The number of hydrogen-bond donors (Lipinski definition) is 0. The van der Waals surface area contributed by atoms with E-state index in [0.29, 0.717) is 0 Å². The topological polar surface area (TPSA) is 57.7 Å². The average molecular weight is 296 g/mol. The lowest BCUT2D eigenvalue weighted by molar-refractivity contribution is -0.128. The SMILES string of the molecule is CI=C1C(=O)N(C)C(=O)N(C)C1=O. The van der Waals surface area contributed by atoms with Gasteiger partial charge in [0.2, 0.25) is 0 Å². The van der Waals surface area contributed by atoms with Crippen molar-refractivity contribution in [3.63, 3.8) is 0 Å². The van der Waals surface area contributed by atoms with Gasteiger partial charge in [0.1, 0.15) is 3.51 Å². The first-order valence-electron chi connectivity index (χ1n) is 3.47. The molecule has 1 aliphatic heterocycles. The molecule has 72 valence electrons. The standard InChI is InChI=1S/C7H9IN2O3/c1-8-4-5(11)9(2)7(13)10(3)6(4)12/h1-3H3. The fourth-order valence-electron chi connectivity index (χ4n) is 0.946. The highest BCUT2D eigenvalue weighted by Gasteiger charge is 2.37. The Balaban J connectivity index is 3.14. The molecule has 5 nitrogen and oxygen atoms in total. The van der Waals surface area contributed by atoms with Gasteiger partial charge in [-0.05, 0) is 4.93 Å². The minimum atomic E-state index is -0.586. The summed E-state index contributed by atoms with van der Waals surface area (Å²) in [6.45, 7) is 0. The Morgan fingerprint density at radius 2 is 1.38 bits per heavy atom. The van der Waals surface area contributed by atoms with Crippen LogP contribution in [0.4, 0.5) is 4.79 Å². The number of amides is 4. The zero-order chi connectivity index (χ0) is 10.2. The van der Waals surface area contributed by atoms with Gasteiger partial charge in [-0.1, -0.05) is 0 Å². The lowest BCUT2D eigenvalue weighted by Gasteiger charge is -2.28. The summed E-state index contributed by atoms with van der Waals surface area (Å²) in [5, 5.41) is 0. The van der Waals surface area contributed by atoms with E-state index in [9.17, 15) is 14.4 Å². The Morgan fingerprint density at radius 3 is 1.69 bits per heavy atom. The molecule has 0 aromatic heterocycles. The predicted octanol–water partition coefficient (Wildman–Crippen LogP) is -0.190. The maximum Gasteiger partial charge on any atom is 0.333 e. The molecule has 0 saturated carbocycles. The Morgan fingerprint density at radius 1 is 1.00 bits per heavy atom. The summed E-state index contributed by atoms with van der Waals surface area (Å²) in [6.07, 6.45) is 0. The number of hydrogen-bond acceptors (Lipinski definition) is 3. The molecule has 0 aromatic rings. The van der Waals surface area contributed by atoms with Crippen LogP contribution in [0.2, 0.25) is 0 Å². The van der Waals surface area contributed by atoms with E-state index in [1.54, 1.807) is 0 Å². The maximum atomic E-state index is 11.4. The van der Waals surface area contributed by atoms with Crippen molar-refractivity contribution in [2.75, 3.05) is 19.0 Å². The van der Waals surface area contributed by atoms with Crippen LogP contribution in [0.3, 0.4) is 0 Å². The first-order valence-corrected chi connectivity index (χ1v) is 6.70. The van der Waals surface area contributed by atoms with Crippen LogP contribution in [0.5, 0.6) is 0 Å². The molecule has 0 bridgehead atoms. The second kappa shape index (κ2) is 3.52. The van der Waals surface area contributed by atoms with Gasteiger partial charge < -0.3 is 0 Å². The zero-order valence-corrected chi connectivity index (χ0v) is 9.65. The Bertz CT molecular complexity index is 298. The molecular weight excluding hydrogens is 287 g/mol. The van der Waals surface area contributed by atoms with Crippen molar-refractivity contribution >= 4 is 42.1 Å². The van der Waals surface area contributed by atoms with E-state index in [-0.39, 0.29) is 3.51 Å². The minimum absolute atomic E-state index is 0.267. The summed E-state index contributed by atoms with van der Waals surface area (Å²) >= 11 is -0.586. The fraction of sp³-hybridized carbons (Fsp3) is 0.429. The highest BCUT2D eigenvalue weighted by atomic mass is 127. The van der Waals surface area contributed by atoms with E-state index in [0.717, 1.165) is 9.80 Å². The van der Waals surface area contributed by atoms with Crippen LogP contribution in [0.15, 0.2) is 0 Å². The number of urea groups is 1. The van der Waals surface area contributed by atoms with Crippen LogP contribution in [0.1, 0.15) is 0 Å². The van der Waals surface area contributed by atoms with Gasteiger partial charge in [0.15, 0.2) is 0 Å². The average Bonchev–Trinajstić information content (AvgIpc) is 2.13. The molecule has 1 heterocycles. The predicted molar refractivity (Wildman–Crippen MR) is 55.9 cm³/mol. The highest BCUT2D eigenvalue weighted by Crippen LogP contribution is 2.10. The molecule has 0 atom stereocenters. The van der Waals surface area contributed by atoms with Crippen molar-refractivity contribution in [3.8, 4) is 0 Å². The molecule has 0 aromatic carbocycles. The normalized spacial score (nSPS) is 18.7. The molecule has 4 amide bonds. The van der Waals surface area contributed by atoms with Gasteiger partial charge in [-0.15, -0.1) is 20.7 Å². The third-order valence-electron chi connectivity index (χ3n) is 1.75. The molecule has 1 saturated heterocycles. The molecule has 0 unspecified atom stereocenters. The molecule has 1 rings (SSSR count). The molecule has 0 radical (unpaired) electrons. The van der Waals surface area contributed by atoms with E-state index >= 15 is 0 Å². The second-order valence-electron chi connectivity index (χ2n) is 2.51. The van der Waals surface area contributed by atoms with Crippen LogP contribution in [-0.2, 0) is 9.59 Å². The Labute approximate surface area is 85.4 Å². The van der Waals surface area contributed by atoms with Gasteiger partial charge >= 0.3 is 6.03 Å². The van der Waals surface area contributed by atoms with E-state index in [1.165, 1.54) is 14.1 Å². The molecular formula is C7H9IN2O3. The highest BCUT2D eigenvalue weighted by molar-refractivity contribution is 14.2. The van der Waals surface area contributed by atoms with Crippen LogP contribution in [-0.4, -0.2) is 50.2 Å². The third kappa shape index (κ3) is 1.50. The summed E-state index contributed by atoms with van der Waals surface area (Å²) in [6, 6.07) is -0.559. The van der Waals surface area contributed by atoms with Gasteiger partial charge in [-0.25, -0.2) is 4.79 Å². The van der Waals surface area contributed by atoms with Crippen molar-refractivity contribution in [1.82, 2.24) is 9.80 Å². The lowest BCUT2D eigenvalue weighted by atomic mass is 10.3. The first kappa shape index (κ1) is 10.3. The molecule has 1 aliphatic rings. The van der Waals surface area contributed by atoms with Crippen molar-refractivity contribution in [3.05, 3.63) is 0 Å². The molecule has 13 heavy (non-hydrogen) atoms. The van der Waals surface area contributed by atoms with Crippen LogP contribution < -0.4 is 0 Å². The summed E-state index contributed by atoms with van der Waals surface area (Å²) in [5.74, 6) is -0.883. The van der Waals surface area contributed by atoms with Gasteiger partial charge in [-0.2, -0.15) is 0 Å². The van der Waals surface area contributed by atoms with Crippen LogP contribution in [0.25, 0.3) is 0 Å². The first-order chi connectivity index (χ1) is 6.00. The summed E-state index contributed by atoms with van der Waals surface area (Å²) in [5.41, 5.74) is 0. The number of halogens is 1. The Hall–Kier alpha value is -0.790. The van der Waals surface area contributed by atoms with Gasteiger partial charge in [0.05, 0.1) is 0 Å². The summed E-state index contributed by atoms with van der Waals surface area (Å²) < 4.78 is 0.267. The molecule has 6 heteroatoms. The minimum Gasteiger partial charge on any atom is -0.268 e. The van der Waals surface area contributed by atoms with Gasteiger partial charge in [0, 0.05) is 14.1 Å². The quantitative estimate of drug-likeness (QED) is 0.460. The van der Waals surface area contributed by atoms with Crippen molar-refractivity contribution in [2.24, 2.45) is 0 Å². The van der Waals surface area contributed by atoms with Gasteiger partial charge in [0.25, 0.3) is 11.8 Å². The van der Waals surface area contributed by atoms with Crippen molar-refractivity contribution < 1.29 is 14.4 Å². The second-order valence-corrected chi connectivity index (χ2v) is 4.67. The maximum absolute atomic E-state index is 11.4. The van der Waals surface area contributed by atoms with Gasteiger partial charge in [-0.3, -0.25) is 19.4 Å². The van der Waals surface area contributed by atoms with Crippen molar-refractivity contribution in [1.29, 1.82) is 0 Å². The third-order valence-corrected chi connectivity index (χ3v) is 3.75. The molecule has 1 fully saturated rings. The number of carbonyl (C=O) groups excluding carboxylic acids is 3. The monoisotopic (exact) mass is 296 g/mol. The molecule has 0 N–H and O–H groups in total.